The molecule has 2 N–H and O–H groups in total. The van der Waals surface area contributed by atoms with Crippen molar-refractivity contribution in [2.45, 2.75) is 18.8 Å². The fraction of sp³-hybridized carbons (Fsp3) is 0.217. The number of benzene rings is 2. The van der Waals surface area contributed by atoms with Crippen molar-refractivity contribution in [3.8, 4) is 5.75 Å². The van der Waals surface area contributed by atoms with Crippen molar-refractivity contribution in [2.24, 2.45) is 0 Å². The molecule has 1 heterocycles. The van der Waals surface area contributed by atoms with Gasteiger partial charge >= 0.3 is 5.97 Å². The van der Waals surface area contributed by atoms with Crippen LogP contribution in [0, 0.1) is 0 Å². The molecule has 8 nitrogen and oxygen atoms in total. The molecule has 1 atom stereocenters. The lowest BCUT2D eigenvalue weighted by Crippen LogP contribution is -2.20. The van der Waals surface area contributed by atoms with Crippen LogP contribution < -0.4 is 15.4 Å². The molecule has 3 aromatic rings. The highest BCUT2D eigenvalue weighted by atomic mass is 32.1. The first-order valence-corrected chi connectivity index (χ1v) is 10.7. The number of anilines is 2. The Hall–Kier alpha value is -3.72. The van der Waals surface area contributed by atoms with Crippen LogP contribution in [0.5, 0.6) is 5.75 Å². The SMILES string of the molecule is COC(=O)c1ccc(NC(=O)C2CCc3sc(NC(=O)c4ccc(OC)cc4)nc32)cc1. The van der Waals surface area contributed by atoms with Crippen molar-refractivity contribution in [1.29, 1.82) is 0 Å². The van der Waals surface area contributed by atoms with E-state index in [0.717, 1.165) is 11.3 Å². The molecule has 0 bridgehead atoms. The number of amides is 2. The van der Waals surface area contributed by atoms with Crippen LogP contribution >= 0.6 is 11.3 Å². The third-order valence-electron chi connectivity index (χ3n) is 5.18. The summed E-state index contributed by atoms with van der Waals surface area (Å²) in [6, 6.07) is 13.3. The summed E-state index contributed by atoms with van der Waals surface area (Å²) in [4.78, 5) is 42.4. The Morgan fingerprint density at radius 1 is 0.969 bits per heavy atom. The lowest BCUT2D eigenvalue weighted by Gasteiger charge is -2.11. The maximum Gasteiger partial charge on any atom is 0.337 e. The fourth-order valence-electron chi connectivity index (χ4n) is 3.48. The highest BCUT2D eigenvalue weighted by Crippen LogP contribution is 2.39. The van der Waals surface area contributed by atoms with E-state index in [-0.39, 0.29) is 11.8 Å². The smallest absolute Gasteiger partial charge is 0.337 e. The second-order valence-corrected chi connectivity index (χ2v) is 8.24. The van der Waals surface area contributed by atoms with Crippen molar-refractivity contribution in [1.82, 2.24) is 4.98 Å². The number of fused-ring (bicyclic) bond motifs is 1. The topological polar surface area (TPSA) is 107 Å². The number of rotatable bonds is 6. The van der Waals surface area contributed by atoms with Gasteiger partial charge in [0, 0.05) is 16.1 Å². The van der Waals surface area contributed by atoms with Crippen LogP contribution in [0.2, 0.25) is 0 Å². The molecule has 0 fully saturated rings. The van der Waals surface area contributed by atoms with Gasteiger partial charge in [-0.3, -0.25) is 14.9 Å². The normalized spacial score (nSPS) is 14.4. The third-order valence-corrected chi connectivity index (χ3v) is 6.23. The maximum absolute atomic E-state index is 12.8. The Morgan fingerprint density at radius 3 is 2.31 bits per heavy atom. The summed E-state index contributed by atoms with van der Waals surface area (Å²) in [6.07, 6.45) is 1.39. The Morgan fingerprint density at radius 2 is 1.66 bits per heavy atom. The van der Waals surface area contributed by atoms with Gasteiger partial charge in [0.1, 0.15) is 5.75 Å². The number of hydrogen-bond acceptors (Lipinski definition) is 7. The molecule has 1 aliphatic carbocycles. The zero-order chi connectivity index (χ0) is 22.7. The van der Waals surface area contributed by atoms with Crippen LogP contribution in [0.4, 0.5) is 10.8 Å². The van der Waals surface area contributed by atoms with Crippen molar-refractivity contribution in [3.63, 3.8) is 0 Å². The van der Waals surface area contributed by atoms with Crippen molar-refractivity contribution in [2.75, 3.05) is 24.9 Å². The first-order chi connectivity index (χ1) is 15.5. The quantitative estimate of drug-likeness (QED) is 0.551. The van der Waals surface area contributed by atoms with E-state index < -0.39 is 11.9 Å². The second kappa shape index (κ2) is 9.19. The molecule has 32 heavy (non-hydrogen) atoms. The van der Waals surface area contributed by atoms with Gasteiger partial charge in [-0.2, -0.15) is 0 Å². The summed E-state index contributed by atoms with van der Waals surface area (Å²) in [7, 11) is 2.88. The molecule has 0 radical (unpaired) electrons. The standard InChI is InChI=1S/C23H21N3O5S/c1-30-16-9-5-13(6-10-16)20(27)26-23-25-19-17(11-12-18(19)32-23)21(28)24-15-7-3-14(4-8-15)22(29)31-2/h3-10,17H,11-12H2,1-2H3,(H,24,28)(H,25,26,27). The van der Waals surface area contributed by atoms with Crippen molar-refractivity contribution in [3.05, 3.63) is 70.2 Å². The minimum absolute atomic E-state index is 0.173. The molecule has 1 aromatic heterocycles. The second-order valence-electron chi connectivity index (χ2n) is 7.16. The summed E-state index contributed by atoms with van der Waals surface area (Å²) in [5.74, 6) is -0.605. The Kier molecular flexibility index (Phi) is 6.18. The maximum atomic E-state index is 12.8. The number of aryl methyl sites for hydroxylation is 1. The average molecular weight is 452 g/mol. The summed E-state index contributed by atoms with van der Waals surface area (Å²) in [6.45, 7) is 0. The van der Waals surface area contributed by atoms with Gasteiger partial charge in [-0.15, -0.1) is 11.3 Å². The molecular formula is C23H21N3O5S. The predicted molar refractivity (Wildman–Crippen MR) is 121 cm³/mol. The molecular weight excluding hydrogens is 430 g/mol. The van der Waals surface area contributed by atoms with E-state index in [2.05, 4.69) is 20.4 Å². The number of aromatic nitrogens is 1. The predicted octanol–water partition coefficient (Wildman–Crippen LogP) is 3.86. The van der Waals surface area contributed by atoms with E-state index in [1.807, 2.05) is 0 Å². The van der Waals surface area contributed by atoms with Gasteiger partial charge in [-0.25, -0.2) is 9.78 Å². The van der Waals surface area contributed by atoms with E-state index in [1.54, 1.807) is 55.6 Å². The molecule has 0 saturated carbocycles. The Bertz CT molecular complexity index is 1160. The molecule has 9 heteroatoms. The first-order valence-electron chi connectivity index (χ1n) is 9.92. The van der Waals surface area contributed by atoms with Gasteiger partial charge in [0.25, 0.3) is 5.91 Å². The van der Waals surface area contributed by atoms with E-state index in [1.165, 1.54) is 18.4 Å². The van der Waals surface area contributed by atoms with Gasteiger partial charge in [0.2, 0.25) is 5.91 Å². The lowest BCUT2D eigenvalue weighted by molar-refractivity contribution is -0.117. The van der Waals surface area contributed by atoms with E-state index in [4.69, 9.17) is 4.74 Å². The molecule has 1 aliphatic rings. The summed E-state index contributed by atoms with van der Waals surface area (Å²) < 4.78 is 9.78. The van der Waals surface area contributed by atoms with E-state index in [0.29, 0.717) is 39.8 Å². The molecule has 0 saturated heterocycles. The summed E-state index contributed by atoms with van der Waals surface area (Å²) in [5, 5.41) is 6.15. The number of methoxy groups -OCH3 is 2. The molecule has 2 amide bonds. The summed E-state index contributed by atoms with van der Waals surface area (Å²) >= 11 is 1.39. The fourth-order valence-corrected chi connectivity index (χ4v) is 4.52. The Balaban J connectivity index is 1.42. The lowest BCUT2D eigenvalue weighted by atomic mass is 10.1. The molecule has 2 aromatic carbocycles. The number of thiazole rings is 1. The van der Waals surface area contributed by atoms with Gasteiger partial charge in [0.05, 0.1) is 31.4 Å². The highest BCUT2D eigenvalue weighted by Gasteiger charge is 2.33. The number of carbonyl (C=O) groups excluding carboxylic acids is 3. The van der Waals surface area contributed by atoms with Crippen LogP contribution in [0.3, 0.4) is 0 Å². The highest BCUT2D eigenvalue weighted by molar-refractivity contribution is 7.16. The zero-order valence-electron chi connectivity index (χ0n) is 17.5. The van der Waals surface area contributed by atoms with Gasteiger partial charge in [0.15, 0.2) is 5.13 Å². The molecule has 0 aliphatic heterocycles. The Labute approximate surface area is 188 Å². The van der Waals surface area contributed by atoms with Crippen LogP contribution in [-0.4, -0.2) is 37.0 Å². The number of esters is 1. The number of hydrogen-bond donors (Lipinski definition) is 2. The number of nitrogens with one attached hydrogen (secondary N) is 2. The molecule has 0 spiro atoms. The minimum Gasteiger partial charge on any atom is -0.497 e. The number of carbonyl (C=O) groups is 3. The number of nitrogens with zero attached hydrogens (tertiary/aromatic N) is 1. The van der Waals surface area contributed by atoms with Crippen LogP contribution in [0.25, 0.3) is 0 Å². The van der Waals surface area contributed by atoms with E-state index >= 15 is 0 Å². The van der Waals surface area contributed by atoms with Gasteiger partial charge in [-0.05, 0) is 61.4 Å². The van der Waals surface area contributed by atoms with Gasteiger partial charge < -0.3 is 14.8 Å². The minimum atomic E-state index is -0.435. The van der Waals surface area contributed by atoms with E-state index in [9.17, 15) is 14.4 Å². The van der Waals surface area contributed by atoms with Crippen molar-refractivity contribution >= 4 is 39.9 Å². The summed E-state index contributed by atoms with van der Waals surface area (Å²) in [5.41, 5.74) is 2.18. The zero-order valence-corrected chi connectivity index (χ0v) is 18.3. The number of ether oxygens (including phenoxy) is 2. The van der Waals surface area contributed by atoms with Crippen LogP contribution in [-0.2, 0) is 16.0 Å². The third kappa shape index (κ3) is 4.47. The van der Waals surface area contributed by atoms with Crippen LogP contribution in [0.15, 0.2) is 48.5 Å². The molecule has 164 valence electrons. The average Bonchev–Trinajstić information content (AvgIpc) is 3.39. The monoisotopic (exact) mass is 451 g/mol. The largest absolute Gasteiger partial charge is 0.497 e. The van der Waals surface area contributed by atoms with Crippen LogP contribution in [0.1, 0.15) is 43.6 Å². The van der Waals surface area contributed by atoms with Crippen molar-refractivity contribution < 1.29 is 23.9 Å². The van der Waals surface area contributed by atoms with Gasteiger partial charge in [-0.1, -0.05) is 0 Å². The molecule has 1 unspecified atom stereocenters. The first kappa shape index (κ1) is 21.5. The molecule has 4 rings (SSSR count).